The Labute approximate surface area is 98.4 Å². The van der Waals surface area contributed by atoms with Gasteiger partial charge in [-0.05, 0) is 32.6 Å². The van der Waals surface area contributed by atoms with E-state index in [-0.39, 0.29) is 0 Å². The maximum absolute atomic E-state index is 6.04. The monoisotopic (exact) mass is 228 g/mol. The highest BCUT2D eigenvalue weighted by atomic mass is 16.7. The van der Waals surface area contributed by atoms with Gasteiger partial charge in [0, 0.05) is 5.92 Å². The number of hydrogen-bond acceptors (Lipinski definition) is 3. The maximum Gasteiger partial charge on any atom is 0.163 e. The molecule has 0 aromatic carbocycles. The molecule has 4 atom stereocenters. The number of rotatable bonds is 4. The zero-order valence-electron chi connectivity index (χ0n) is 10.9. The maximum atomic E-state index is 6.04. The highest BCUT2D eigenvalue weighted by Crippen LogP contribution is 2.32. The molecular formula is C13H24O3. The van der Waals surface area contributed by atoms with Gasteiger partial charge in [-0.3, -0.25) is 0 Å². The van der Waals surface area contributed by atoms with Crippen molar-refractivity contribution in [3.05, 3.63) is 0 Å². The zero-order chi connectivity index (χ0) is 11.8. The Morgan fingerprint density at radius 1 is 1.31 bits per heavy atom. The summed E-state index contributed by atoms with van der Waals surface area (Å²) in [5.41, 5.74) is 0. The van der Waals surface area contributed by atoms with E-state index in [1.54, 1.807) is 0 Å². The first kappa shape index (κ1) is 12.3. The van der Waals surface area contributed by atoms with Crippen molar-refractivity contribution >= 4 is 0 Å². The van der Waals surface area contributed by atoms with Gasteiger partial charge in [-0.15, -0.1) is 0 Å². The van der Waals surface area contributed by atoms with Crippen LogP contribution in [-0.2, 0) is 14.2 Å². The van der Waals surface area contributed by atoms with Gasteiger partial charge >= 0.3 is 0 Å². The number of ether oxygens (including phenoxy) is 3. The molecule has 0 radical (unpaired) electrons. The van der Waals surface area contributed by atoms with Crippen LogP contribution < -0.4 is 0 Å². The molecule has 94 valence electrons. The van der Waals surface area contributed by atoms with Gasteiger partial charge in [-0.25, -0.2) is 0 Å². The van der Waals surface area contributed by atoms with Gasteiger partial charge in [0.1, 0.15) is 0 Å². The minimum absolute atomic E-state index is 0.322. The van der Waals surface area contributed by atoms with E-state index in [0.29, 0.717) is 24.0 Å². The van der Waals surface area contributed by atoms with Crippen LogP contribution in [0.4, 0.5) is 0 Å². The van der Waals surface area contributed by atoms with E-state index >= 15 is 0 Å². The molecule has 16 heavy (non-hydrogen) atoms. The minimum atomic E-state index is -0.415. The Morgan fingerprint density at radius 3 is 2.62 bits per heavy atom. The predicted octanol–water partition coefficient (Wildman–Crippen LogP) is 2.59. The third-order valence-electron chi connectivity index (χ3n) is 3.58. The van der Waals surface area contributed by atoms with Gasteiger partial charge in [0.25, 0.3) is 0 Å². The molecule has 2 unspecified atom stereocenters. The molecule has 2 aliphatic rings. The van der Waals surface area contributed by atoms with Gasteiger partial charge in [-0.2, -0.15) is 0 Å². The Hall–Kier alpha value is -0.120. The van der Waals surface area contributed by atoms with Crippen molar-refractivity contribution in [1.29, 1.82) is 0 Å². The van der Waals surface area contributed by atoms with Crippen molar-refractivity contribution in [2.75, 3.05) is 13.2 Å². The van der Waals surface area contributed by atoms with Crippen molar-refractivity contribution in [3.8, 4) is 0 Å². The molecule has 0 aliphatic carbocycles. The third kappa shape index (κ3) is 3.19. The summed E-state index contributed by atoms with van der Waals surface area (Å²) >= 11 is 0. The summed E-state index contributed by atoms with van der Waals surface area (Å²) in [5, 5.41) is 0. The molecule has 0 bridgehead atoms. The van der Waals surface area contributed by atoms with Crippen LogP contribution in [0.3, 0.4) is 0 Å². The van der Waals surface area contributed by atoms with Crippen molar-refractivity contribution in [2.24, 2.45) is 11.8 Å². The third-order valence-corrected chi connectivity index (χ3v) is 3.58. The molecule has 2 fully saturated rings. The van der Waals surface area contributed by atoms with Crippen LogP contribution in [0.15, 0.2) is 0 Å². The van der Waals surface area contributed by atoms with E-state index in [1.807, 2.05) is 13.8 Å². The molecular weight excluding hydrogens is 204 g/mol. The SMILES string of the molecule is C[C@@H]1COC(C)(C)OC1[C@@H](C)CCC1CO1. The standard InChI is InChI=1S/C13H24O3/c1-9(5-6-11-8-14-11)12-10(2)7-15-13(3,4)16-12/h9-12H,5-8H2,1-4H3/t9-,10+,11?,12?/m0/s1. The van der Waals surface area contributed by atoms with Gasteiger partial charge < -0.3 is 14.2 Å². The van der Waals surface area contributed by atoms with E-state index in [4.69, 9.17) is 14.2 Å². The first-order valence-corrected chi connectivity index (χ1v) is 6.41. The van der Waals surface area contributed by atoms with Crippen molar-refractivity contribution in [1.82, 2.24) is 0 Å². The largest absolute Gasteiger partial charge is 0.373 e. The second kappa shape index (κ2) is 4.63. The Balaban J connectivity index is 1.83. The average molecular weight is 228 g/mol. The summed E-state index contributed by atoms with van der Waals surface area (Å²) in [6.07, 6.45) is 3.22. The fourth-order valence-electron chi connectivity index (χ4n) is 2.43. The highest BCUT2D eigenvalue weighted by Gasteiger charge is 2.37. The van der Waals surface area contributed by atoms with E-state index in [2.05, 4.69) is 13.8 Å². The number of hydrogen-bond donors (Lipinski definition) is 0. The van der Waals surface area contributed by atoms with Gasteiger partial charge in [-0.1, -0.05) is 13.8 Å². The molecule has 2 aliphatic heterocycles. The quantitative estimate of drug-likeness (QED) is 0.693. The van der Waals surface area contributed by atoms with E-state index in [0.717, 1.165) is 13.2 Å². The molecule has 0 N–H and O–H groups in total. The van der Waals surface area contributed by atoms with Crippen LogP contribution >= 0.6 is 0 Å². The van der Waals surface area contributed by atoms with Gasteiger partial charge in [0.2, 0.25) is 0 Å². The molecule has 0 saturated carbocycles. The van der Waals surface area contributed by atoms with Crippen molar-refractivity contribution < 1.29 is 14.2 Å². The Kier molecular flexibility index (Phi) is 3.57. The second-order valence-electron chi connectivity index (χ2n) is 5.78. The lowest BCUT2D eigenvalue weighted by atomic mass is 9.88. The predicted molar refractivity (Wildman–Crippen MR) is 62.2 cm³/mol. The fourth-order valence-corrected chi connectivity index (χ4v) is 2.43. The molecule has 3 heteroatoms. The second-order valence-corrected chi connectivity index (χ2v) is 5.78. The average Bonchev–Trinajstić information content (AvgIpc) is 3.02. The fraction of sp³-hybridized carbons (Fsp3) is 1.00. The normalized spacial score (nSPS) is 39.4. The molecule has 2 saturated heterocycles. The van der Waals surface area contributed by atoms with E-state index in [9.17, 15) is 0 Å². The minimum Gasteiger partial charge on any atom is -0.373 e. The molecule has 3 nitrogen and oxygen atoms in total. The van der Waals surface area contributed by atoms with Gasteiger partial charge in [0.05, 0.1) is 25.4 Å². The lowest BCUT2D eigenvalue weighted by molar-refractivity contribution is -0.299. The molecule has 0 amide bonds. The Bertz CT molecular complexity index is 235. The smallest absolute Gasteiger partial charge is 0.163 e. The zero-order valence-corrected chi connectivity index (χ0v) is 10.9. The van der Waals surface area contributed by atoms with Gasteiger partial charge in [0.15, 0.2) is 5.79 Å². The molecule has 2 rings (SSSR count). The summed E-state index contributed by atoms with van der Waals surface area (Å²) in [6, 6.07) is 0. The van der Waals surface area contributed by atoms with Crippen LogP contribution in [0.25, 0.3) is 0 Å². The lowest BCUT2D eigenvalue weighted by Crippen LogP contribution is -2.47. The summed E-state index contributed by atoms with van der Waals surface area (Å²) in [7, 11) is 0. The summed E-state index contributed by atoms with van der Waals surface area (Å²) in [6.45, 7) is 10.3. The van der Waals surface area contributed by atoms with Crippen LogP contribution in [0.1, 0.15) is 40.5 Å². The number of epoxide rings is 1. The van der Waals surface area contributed by atoms with Crippen LogP contribution in [-0.4, -0.2) is 31.2 Å². The highest BCUT2D eigenvalue weighted by molar-refractivity contribution is 4.81. The first-order chi connectivity index (χ1) is 7.48. The first-order valence-electron chi connectivity index (χ1n) is 6.41. The summed E-state index contributed by atoms with van der Waals surface area (Å²) < 4.78 is 16.9. The van der Waals surface area contributed by atoms with Crippen LogP contribution in [0.2, 0.25) is 0 Å². The molecule has 0 aromatic rings. The lowest BCUT2D eigenvalue weighted by Gasteiger charge is -2.42. The van der Waals surface area contributed by atoms with Crippen LogP contribution in [0, 0.1) is 11.8 Å². The molecule has 0 aromatic heterocycles. The topological polar surface area (TPSA) is 31.0 Å². The van der Waals surface area contributed by atoms with E-state index in [1.165, 1.54) is 12.8 Å². The van der Waals surface area contributed by atoms with Crippen LogP contribution in [0.5, 0.6) is 0 Å². The Morgan fingerprint density at radius 2 is 2.00 bits per heavy atom. The summed E-state index contributed by atoms with van der Waals surface area (Å²) in [5.74, 6) is 0.659. The van der Waals surface area contributed by atoms with Crippen molar-refractivity contribution in [3.63, 3.8) is 0 Å². The molecule has 0 spiro atoms. The van der Waals surface area contributed by atoms with E-state index < -0.39 is 5.79 Å². The van der Waals surface area contributed by atoms with Crippen molar-refractivity contribution in [2.45, 2.75) is 58.5 Å². The summed E-state index contributed by atoms with van der Waals surface area (Å²) in [4.78, 5) is 0. The molecule has 2 heterocycles.